The molecule has 2 nitrogen and oxygen atoms in total. The zero-order valence-corrected chi connectivity index (χ0v) is 44.2. The molecule has 0 amide bonds. The zero-order valence-electron chi connectivity index (χ0n) is 44.2. The van der Waals surface area contributed by atoms with Gasteiger partial charge in [-0.15, -0.1) is 0 Å². The maximum Gasteiger partial charge on any atom is 0.416 e. The Morgan fingerprint density at radius 3 is 0.876 bits per heavy atom. The predicted octanol–water partition coefficient (Wildman–Crippen LogP) is 18.5. The normalized spacial score (nSPS) is 13.2. The van der Waals surface area contributed by atoms with E-state index in [1.807, 2.05) is 0 Å². The molecule has 0 saturated heterocycles. The van der Waals surface area contributed by atoms with Crippen molar-refractivity contribution in [1.82, 2.24) is 0 Å². The number of alkyl halides is 24. The molecule has 9 aromatic carbocycles. The molecule has 0 radical (unpaired) electrons. The van der Waals surface area contributed by atoms with Crippen molar-refractivity contribution in [3.05, 3.63) is 244 Å². The highest BCUT2D eigenvalue weighted by Gasteiger charge is 2.47. The molecule has 0 atom stereocenters. The first-order chi connectivity index (χ1) is 41.1. The van der Waals surface area contributed by atoms with E-state index in [0.29, 0.717) is 0 Å². The molecule has 0 bridgehead atoms. The number of aromatic nitrogens is 1. The Hall–Kier alpha value is -8.91. The van der Waals surface area contributed by atoms with E-state index in [0.717, 1.165) is 34.5 Å². The lowest BCUT2D eigenvalue weighted by Gasteiger charge is -2.46. The molecule has 464 valence electrons. The number of hydrogen-bond acceptors (Lipinski definition) is 1. The van der Waals surface area contributed by atoms with Crippen LogP contribution < -0.4 is 31.2 Å². The fraction of sp³-hybridized carbons (Fsp3) is 0.145. The van der Waals surface area contributed by atoms with E-state index in [2.05, 4.69) is 126 Å². The lowest BCUT2D eigenvalue weighted by Crippen LogP contribution is -2.75. The third kappa shape index (κ3) is 13.7. The lowest BCUT2D eigenvalue weighted by molar-refractivity contribution is -0.666. The predicted molar refractivity (Wildman–Crippen MR) is 281 cm³/mol. The highest BCUT2D eigenvalue weighted by molar-refractivity contribution is 7.20. The van der Waals surface area contributed by atoms with Gasteiger partial charge in [-0.05, 0) is 53.2 Å². The van der Waals surface area contributed by atoms with E-state index >= 15 is 0 Å². The van der Waals surface area contributed by atoms with E-state index in [4.69, 9.17) is 4.74 Å². The van der Waals surface area contributed by atoms with Crippen LogP contribution in [0.5, 0.6) is 11.6 Å². The van der Waals surface area contributed by atoms with Gasteiger partial charge in [0, 0.05) is 27.8 Å². The first kappa shape index (κ1) is 64.6. The number of hydrogen-bond donors (Lipinski definition) is 0. The molecule has 0 spiro atoms. The Morgan fingerprint density at radius 2 is 0.562 bits per heavy atom. The van der Waals surface area contributed by atoms with Gasteiger partial charge in [0.05, 0.1) is 50.6 Å². The van der Waals surface area contributed by atoms with Crippen molar-refractivity contribution in [3.8, 4) is 11.6 Å². The first-order valence-electron chi connectivity index (χ1n) is 25.5. The molecule has 10 aromatic rings. The summed E-state index contributed by atoms with van der Waals surface area (Å²) in [5, 5.41) is 5.78. The van der Waals surface area contributed by atoms with Gasteiger partial charge in [-0.2, -0.15) is 132 Å². The molecule has 0 N–H and O–H groups in total. The topological polar surface area (TPSA) is 13.1 Å². The van der Waals surface area contributed by atoms with Gasteiger partial charge in [-0.1, -0.05) is 140 Å². The van der Waals surface area contributed by atoms with Crippen LogP contribution in [-0.2, 0) is 56.0 Å². The van der Waals surface area contributed by atoms with Crippen molar-refractivity contribution in [2.75, 3.05) is 0 Å². The van der Waals surface area contributed by atoms with Crippen LogP contribution in [-0.4, -0.2) is 6.15 Å². The van der Waals surface area contributed by atoms with Gasteiger partial charge < -0.3 is 4.74 Å². The molecule has 1 aromatic heterocycles. The third-order valence-electron chi connectivity index (χ3n) is 14.5. The summed E-state index contributed by atoms with van der Waals surface area (Å²) < 4.78 is 350. The second kappa shape index (κ2) is 22.9. The van der Waals surface area contributed by atoms with Gasteiger partial charge in [0.25, 0.3) is 0 Å². The molecule has 89 heavy (non-hydrogen) atoms. The number of benzene rings is 9. The van der Waals surface area contributed by atoms with Crippen LogP contribution in [0.4, 0.5) is 105 Å². The van der Waals surface area contributed by atoms with E-state index in [-0.39, 0.29) is 0 Å². The van der Waals surface area contributed by atoms with E-state index in [9.17, 15) is 105 Å². The van der Waals surface area contributed by atoms with E-state index in [1.165, 1.54) is 21.7 Å². The summed E-state index contributed by atoms with van der Waals surface area (Å²) in [5.41, 5.74) is -27.8. The van der Waals surface area contributed by atoms with Crippen LogP contribution in [0.15, 0.2) is 194 Å². The monoisotopic (exact) mass is 1280 g/mol. The molecule has 0 aliphatic rings. The van der Waals surface area contributed by atoms with Gasteiger partial charge in [0.1, 0.15) is 11.9 Å². The first-order valence-corrected chi connectivity index (χ1v) is 25.5. The summed E-state index contributed by atoms with van der Waals surface area (Å²) in [6.45, 7) is 0.736. The highest BCUT2D eigenvalue weighted by Crippen LogP contribution is 2.43. The molecule has 0 unspecified atom stereocenters. The molecular weight excluding hydrogens is 1240 g/mol. The van der Waals surface area contributed by atoms with Crippen LogP contribution in [0, 0.1) is 0 Å². The van der Waals surface area contributed by atoms with Crippen molar-refractivity contribution in [2.24, 2.45) is 0 Å². The van der Waals surface area contributed by atoms with E-state index in [1.54, 1.807) is 0 Å². The molecule has 0 fully saturated rings. The second-order valence-corrected chi connectivity index (χ2v) is 20.3. The summed E-state index contributed by atoms with van der Waals surface area (Å²) in [5.74, 6) is 1.73. The Bertz CT molecular complexity index is 3780. The van der Waals surface area contributed by atoms with Crippen molar-refractivity contribution in [1.29, 1.82) is 0 Å². The summed E-state index contributed by atoms with van der Waals surface area (Å²) in [7, 11) is 0. The average molecular weight is 1280 g/mol. The summed E-state index contributed by atoms with van der Waals surface area (Å²) in [6, 6.07) is 33.5. The lowest BCUT2D eigenvalue weighted by atomic mass is 9.12. The average Bonchev–Trinajstić information content (AvgIpc) is 0.727. The van der Waals surface area contributed by atoms with Crippen LogP contribution in [0.25, 0.3) is 32.4 Å². The second-order valence-electron chi connectivity index (χ2n) is 20.3. The molecule has 27 heteroatoms. The van der Waals surface area contributed by atoms with Crippen molar-refractivity contribution in [3.63, 3.8) is 0 Å². The van der Waals surface area contributed by atoms with Crippen molar-refractivity contribution >= 4 is 60.4 Å². The van der Waals surface area contributed by atoms with Crippen LogP contribution in [0.3, 0.4) is 0 Å². The number of fused-ring (bicyclic) bond motifs is 3. The van der Waals surface area contributed by atoms with Gasteiger partial charge >= 0.3 is 55.3 Å². The standard InChI is InChI=1S/C32H12BF24.C30H22NO/c34-25(35,36)13-1-14(26(37,38)39)6-21(5-13)33(22-7-15(27(40,41)42)2-16(8-22)28(43,44)45,23-9-17(29(46,47)48)3-18(10-23)30(49,50)51)24-11-19(31(52,53)54)4-20(12-24)32(55,56)57;1-2-10-22(11-3-1)21-31-28-17-9-6-12-23(28)18-19-29(31)32-30-26-15-7-4-13-24(26)20-25-14-5-8-16-27(25)30/h1-12H;1-20H,21H2/q-1;+1. The van der Waals surface area contributed by atoms with Crippen molar-refractivity contribution in [2.45, 2.75) is 56.0 Å². The molecular formula is C62H34BF24NO. The smallest absolute Gasteiger partial charge is 0.404 e. The van der Waals surface area contributed by atoms with E-state index < -0.39 is 195 Å². The van der Waals surface area contributed by atoms with Gasteiger partial charge in [-0.3, -0.25) is 0 Å². The quantitative estimate of drug-likeness (QED) is 0.0640. The number of halogens is 24. The highest BCUT2D eigenvalue weighted by atomic mass is 19.4. The zero-order chi connectivity index (χ0) is 65.2. The molecule has 0 aliphatic heterocycles. The van der Waals surface area contributed by atoms with Gasteiger partial charge in [0.2, 0.25) is 5.52 Å². The Balaban J connectivity index is 0.000000245. The fourth-order valence-electron chi connectivity index (χ4n) is 10.5. The summed E-state index contributed by atoms with van der Waals surface area (Å²) in [4.78, 5) is 0. The summed E-state index contributed by atoms with van der Waals surface area (Å²) in [6.07, 6.45) is -54.8. The Morgan fingerprint density at radius 1 is 0.281 bits per heavy atom. The number of pyridine rings is 1. The number of nitrogens with zero attached hydrogens (tertiary/aromatic N) is 1. The van der Waals surface area contributed by atoms with Crippen LogP contribution in [0.1, 0.15) is 50.1 Å². The Kier molecular flexibility index (Phi) is 16.6. The SMILES string of the molecule is FC(F)(F)c1cc([B-](c2cc(C(F)(F)F)cc(C(F)(F)F)c2)(c2cc(C(F)(F)F)cc(C(F)(F)F)c2)c2cc(C(F)(F)F)cc(C(F)(F)F)c2)cc(C(F)(F)F)c1.c1ccc(C[n+]2c(Oc3c4ccccc4cc4ccccc34)ccc3ccccc32)cc1. The van der Waals surface area contributed by atoms with Crippen molar-refractivity contribution < 1.29 is 115 Å². The largest absolute Gasteiger partial charge is 0.416 e. The number of para-hydroxylation sites is 1. The van der Waals surface area contributed by atoms with Gasteiger partial charge in [0.15, 0.2) is 6.54 Å². The molecule has 0 saturated carbocycles. The minimum absolute atomic E-state index is 0.691. The maximum atomic E-state index is 14.2. The number of rotatable bonds is 8. The third-order valence-corrected chi connectivity index (χ3v) is 14.5. The molecule has 1 heterocycles. The minimum atomic E-state index is -6.13. The van der Waals surface area contributed by atoms with Gasteiger partial charge in [-0.25, -0.2) is 0 Å². The number of ether oxygens (including phenoxy) is 1. The Labute approximate surface area is 485 Å². The van der Waals surface area contributed by atoms with Crippen LogP contribution in [0.2, 0.25) is 0 Å². The summed E-state index contributed by atoms with van der Waals surface area (Å²) >= 11 is 0. The molecule has 10 rings (SSSR count). The molecule has 0 aliphatic carbocycles. The van der Waals surface area contributed by atoms with Crippen LogP contribution >= 0.6 is 0 Å². The minimum Gasteiger partial charge on any atom is -0.404 e. The fourth-order valence-corrected chi connectivity index (χ4v) is 10.5. The maximum absolute atomic E-state index is 14.2.